The number of halogens is 3. The molecule has 2 aliphatic rings. The summed E-state index contributed by atoms with van der Waals surface area (Å²) < 4.78 is 78.9. The highest BCUT2D eigenvalue weighted by molar-refractivity contribution is 7.92. The van der Waals surface area contributed by atoms with Crippen molar-refractivity contribution >= 4 is 21.4 Å². The topological polar surface area (TPSA) is 76.7 Å². The van der Waals surface area contributed by atoms with Gasteiger partial charge in [-0.2, -0.15) is 13.2 Å². The molecule has 6 nitrogen and oxygen atoms in total. The van der Waals surface area contributed by atoms with E-state index in [-0.39, 0.29) is 28.5 Å². The van der Waals surface area contributed by atoms with Crippen molar-refractivity contribution in [3.05, 3.63) is 89.5 Å². The Morgan fingerprint density at radius 3 is 2.49 bits per heavy atom. The Bertz CT molecular complexity index is 1470. The minimum absolute atomic E-state index is 0.0260. The summed E-state index contributed by atoms with van der Waals surface area (Å²) in [5, 5.41) is 3.55. The first-order valence-corrected chi connectivity index (χ1v) is 13.1. The molecule has 3 aromatic rings. The van der Waals surface area contributed by atoms with Crippen molar-refractivity contribution in [1.29, 1.82) is 0 Å². The van der Waals surface area contributed by atoms with Crippen molar-refractivity contribution in [3.63, 3.8) is 0 Å². The number of benzene rings is 3. The Balaban J connectivity index is 1.48. The number of sulfonamides is 1. The summed E-state index contributed by atoms with van der Waals surface area (Å²) in [6.07, 6.45) is 0.348. The Hall–Kier alpha value is -3.66. The van der Waals surface area contributed by atoms with Crippen LogP contribution in [-0.2, 0) is 16.2 Å². The van der Waals surface area contributed by atoms with Crippen molar-refractivity contribution in [2.75, 3.05) is 24.3 Å². The zero-order valence-electron chi connectivity index (χ0n) is 20.0. The summed E-state index contributed by atoms with van der Waals surface area (Å²) in [4.78, 5) is -0.0260. The molecule has 0 radical (unpaired) electrons. The van der Waals surface area contributed by atoms with Crippen molar-refractivity contribution in [3.8, 4) is 11.5 Å². The van der Waals surface area contributed by atoms with Crippen LogP contribution in [0.25, 0.3) is 0 Å². The van der Waals surface area contributed by atoms with Gasteiger partial charge < -0.3 is 14.8 Å². The maximum Gasteiger partial charge on any atom is 0.416 e. The largest absolute Gasteiger partial charge is 0.493 e. The van der Waals surface area contributed by atoms with E-state index in [4.69, 9.17) is 9.47 Å². The number of hydrogen-bond donors (Lipinski definition) is 2. The molecule has 3 aromatic carbocycles. The minimum atomic E-state index is -4.58. The zero-order valence-corrected chi connectivity index (χ0v) is 20.9. The van der Waals surface area contributed by atoms with Gasteiger partial charge in [-0.15, -0.1) is 0 Å². The predicted molar refractivity (Wildman–Crippen MR) is 135 cm³/mol. The second-order valence-corrected chi connectivity index (χ2v) is 10.7. The van der Waals surface area contributed by atoms with E-state index in [0.717, 1.165) is 35.4 Å². The third-order valence-electron chi connectivity index (χ3n) is 6.86. The Kier molecular flexibility index (Phi) is 6.31. The summed E-state index contributed by atoms with van der Waals surface area (Å²) in [6.45, 7) is 0. The van der Waals surface area contributed by atoms with Gasteiger partial charge in [0, 0.05) is 22.9 Å². The maximum absolute atomic E-state index is 13.1. The average molecular weight is 531 g/mol. The molecule has 0 aromatic heterocycles. The monoisotopic (exact) mass is 530 g/mol. The van der Waals surface area contributed by atoms with E-state index in [2.05, 4.69) is 22.2 Å². The molecule has 1 aliphatic carbocycles. The van der Waals surface area contributed by atoms with Crippen molar-refractivity contribution < 1.29 is 31.1 Å². The van der Waals surface area contributed by atoms with Gasteiger partial charge in [-0.25, -0.2) is 8.42 Å². The fourth-order valence-electron chi connectivity index (χ4n) is 5.18. The lowest BCUT2D eigenvalue weighted by Crippen LogP contribution is -2.29. The summed E-state index contributed by atoms with van der Waals surface area (Å²) >= 11 is 0. The van der Waals surface area contributed by atoms with Crippen LogP contribution in [0, 0.1) is 5.92 Å². The molecule has 1 heterocycles. The molecule has 0 bridgehead atoms. The van der Waals surface area contributed by atoms with Crippen LogP contribution in [0.1, 0.15) is 35.1 Å². The number of para-hydroxylation sites is 1. The van der Waals surface area contributed by atoms with E-state index >= 15 is 0 Å². The van der Waals surface area contributed by atoms with Crippen LogP contribution in [0.15, 0.2) is 77.7 Å². The van der Waals surface area contributed by atoms with E-state index < -0.39 is 21.8 Å². The summed E-state index contributed by atoms with van der Waals surface area (Å²) in [6, 6.07) is 14.5. The van der Waals surface area contributed by atoms with Gasteiger partial charge in [0.2, 0.25) is 0 Å². The van der Waals surface area contributed by atoms with E-state index in [0.29, 0.717) is 11.5 Å². The first-order chi connectivity index (χ1) is 17.6. The molecule has 0 unspecified atom stereocenters. The van der Waals surface area contributed by atoms with E-state index in [1.54, 1.807) is 26.4 Å². The highest BCUT2D eigenvalue weighted by Crippen LogP contribution is 2.52. The molecule has 2 N–H and O–H groups in total. The molecule has 1 aliphatic heterocycles. The van der Waals surface area contributed by atoms with Crippen LogP contribution in [0.4, 0.5) is 24.5 Å². The molecule has 5 rings (SSSR count). The van der Waals surface area contributed by atoms with Crippen LogP contribution in [-0.4, -0.2) is 22.6 Å². The van der Waals surface area contributed by atoms with Gasteiger partial charge in [-0.05, 0) is 60.4 Å². The first kappa shape index (κ1) is 25.0. The van der Waals surface area contributed by atoms with Gasteiger partial charge >= 0.3 is 6.18 Å². The van der Waals surface area contributed by atoms with Crippen molar-refractivity contribution in [2.45, 2.75) is 29.5 Å². The number of hydrogen-bond acceptors (Lipinski definition) is 5. The highest BCUT2D eigenvalue weighted by atomic mass is 32.2. The number of alkyl halides is 3. The lowest BCUT2D eigenvalue weighted by atomic mass is 9.77. The molecule has 37 heavy (non-hydrogen) atoms. The standard InChI is InChI=1S/C27H25F3N2O4S/c1-35-24-11-5-10-21(26(24)36-2)25-20-9-4-8-19(20)22-15-18(12-13-23(22)31-25)37(33,34)32-17-7-3-6-16(14-17)27(28,29)30/h3-8,10-15,19-20,25,31-32H,9H2,1-2H3/t19-,20-,25+/m0/s1. The fourth-order valence-corrected chi connectivity index (χ4v) is 6.26. The predicted octanol–water partition coefficient (Wildman–Crippen LogP) is 6.35. The highest BCUT2D eigenvalue weighted by Gasteiger charge is 2.40. The molecule has 10 heteroatoms. The Morgan fingerprint density at radius 2 is 1.76 bits per heavy atom. The second-order valence-electron chi connectivity index (χ2n) is 8.99. The summed E-state index contributed by atoms with van der Waals surface area (Å²) in [5.74, 6) is 1.31. The molecule has 0 saturated carbocycles. The summed E-state index contributed by atoms with van der Waals surface area (Å²) in [5.41, 5.74) is 1.44. The molecular formula is C27H25F3N2O4S. The molecule has 194 valence electrons. The molecule has 3 atom stereocenters. The number of ether oxygens (including phenoxy) is 2. The van der Waals surface area contributed by atoms with Crippen LogP contribution < -0.4 is 19.5 Å². The normalized spacial score (nSPS) is 20.5. The lowest BCUT2D eigenvalue weighted by Gasteiger charge is -2.38. The van der Waals surface area contributed by atoms with Crippen LogP contribution in [0.5, 0.6) is 11.5 Å². The van der Waals surface area contributed by atoms with Gasteiger partial charge in [-0.3, -0.25) is 4.72 Å². The molecule has 0 amide bonds. The number of rotatable bonds is 6. The molecule has 0 fully saturated rings. The third-order valence-corrected chi connectivity index (χ3v) is 8.23. The van der Waals surface area contributed by atoms with Crippen molar-refractivity contribution in [2.24, 2.45) is 5.92 Å². The van der Waals surface area contributed by atoms with Crippen molar-refractivity contribution in [1.82, 2.24) is 0 Å². The second kappa shape index (κ2) is 9.33. The van der Waals surface area contributed by atoms with Crippen LogP contribution in [0.2, 0.25) is 0 Å². The van der Waals surface area contributed by atoms with Gasteiger partial charge in [0.1, 0.15) is 0 Å². The van der Waals surface area contributed by atoms with E-state index in [9.17, 15) is 21.6 Å². The molecule has 0 saturated heterocycles. The van der Waals surface area contributed by atoms with Gasteiger partial charge in [-0.1, -0.05) is 30.4 Å². The molecular weight excluding hydrogens is 505 g/mol. The number of allylic oxidation sites excluding steroid dienone is 2. The zero-order chi connectivity index (χ0) is 26.4. The smallest absolute Gasteiger partial charge is 0.416 e. The Morgan fingerprint density at radius 1 is 0.973 bits per heavy atom. The Labute approximate surface area is 213 Å². The van der Waals surface area contributed by atoms with Crippen LogP contribution in [0.3, 0.4) is 0 Å². The number of nitrogens with one attached hydrogen (secondary N) is 2. The van der Waals surface area contributed by atoms with E-state index in [1.807, 2.05) is 18.2 Å². The minimum Gasteiger partial charge on any atom is -0.493 e. The third kappa shape index (κ3) is 4.61. The maximum atomic E-state index is 13.1. The number of fused-ring (bicyclic) bond motifs is 3. The first-order valence-electron chi connectivity index (χ1n) is 11.6. The quantitative estimate of drug-likeness (QED) is 0.363. The molecule has 0 spiro atoms. The SMILES string of the molecule is COc1cccc([C@@H]2Nc3ccc(S(=O)(=O)Nc4cccc(C(F)(F)F)c4)cc3[C@H]3C=CC[C@@H]32)c1OC. The van der Waals surface area contributed by atoms with E-state index in [1.165, 1.54) is 18.2 Å². The lowest BCUT2D eigenvalue weighted by molar-refractivity contribution is -0.137. The van der Waals surface area contributed by atoms with Gasteiger partial charge in [0.25, 0.3) is 10.0 Å². The average Bonchev–Trinajstić information content (AvgIpc) is 3.37. The fraction of sp³-hybridized carbons (Fsp3) is 0.259. The van der Waals surface area contributed by atoms with Gasteiger partial charge in [0.15, 0.2) is 11.5 Å². The number of anilines is 2. The summed E-state index contributed by atoms with van der Waals surface area (Å²) in [7, 11) is -0.951. The van der Waals surface area contributed by atoms with Gasteiger partial charge in [0.05, 0.1) is 30.7 Å². The number of methoxy groups -OCH3 is 2. The van der Waals surface area contributed by atoms with Crippen LogP contribution >= 0.6 is 0 Å².